The lowest BCUT2D eigenvalue weighted by atomic mass is 10.0. The van der Waals surface area contributed by atoms with Gasteiger partial charge in [0.2, 0.25) is 5.78 Å². The minimum absolute atomic E-state index is 0.163. The molecule has 2 aromatic carbocycles. The van der Waals surface area contributed by atoms with Crippen LogP contribution in [0.2, 0.25) is 0 Å². The van der Waals surface area contributed by atoms with Gasteiger partial charge < -0.3 is 19.1 Å². The number of benzene rings is 2. The molecule has 0 aliphatic carbocycles. The fraction of sp³-hybridized carbons (Fsp3) is 0.385. The molecule has 0 unspecified atom stereocenters. The quantitative estimate of drug-likeness (QED) is 0.439. The lowest BCUT2D eigenvalue weighted by molar-refractivity contribution is -0.157. The summed E-state index contributed by atoms with van der Waals surface area (Å²) in [6.07, 6.45) is 1.75. The first-order valence-corrected chi connectivity index (χ1v) is 10.9. The molecule has 0 atom stereocenters. The second-order valence-corrected chi connectivity index (χ2v) is 8.69. The summed E-state index contributed by atoms with van der Waals surface area (Å²) in [7, 11) is 0. The second kappa shape index (κ2) is 9.47. The van der Waals surface area contributed by atoms with Gasteiger partial charge in [0.1, 0.15) is 17.1 Å². The number of ether oxygens (including phenoxy) is 3. The summed E-state index contributed by atoms with van der Waals surface area (Å²) < 4.78 is 16.7. The van der Waals surface area contributed by atoms with E-state index in [2.05, 4.69) is 18.7 Å². The van der Waals surface area contributed by atoms with Crippen molar-refractivity contribution in [1.29, 1.82) is 0 Å². The normalized spacial score (nSPS) is 14.2. The van der Waals surface area contributed by atoms with Crippen LogP contribution in [0, 0.1) is 6.92 Å². The molecule has 6 nitrogen and oxygen atoms in total. The van der Waals surface area contributed by atoms with Crippen LogP contribution in [-0.2, 0) is 9.53 Å². The van der Waals surface area contributed by atoms with Crippen LogP contribution in [0.25, 0.3) is 6.08 Å². The predicted octanol–water partition coefficient (Wildman–Crippen LogP) is 5.18. The first kappa shape index (κ1) is 23.4. The van der Waals surface area contributed by atoms with Crippen molar-refractivity contribution in [1.82, 2.24) is 0 Å². The van der Waals surface area contributed by atoms with E-state index in [1.165, 1.54) is 0 Å². The topological polar surface area (TPSA) is 65.1 Å². The van der Waals surface area contributed by atoms with Crippen molar-refractivity contribution in [3.8, 4) is 11.5 Å². The summed E-state index contributed by atoms with van der Waals surface area (Å²) in [4.78, 5) is 27.1. The van der Waals surface area contributed by atoms with Crippen LogP contribution in [0.15, 0.2) is 42.2 Å². The van der Waals surface area contributed by atoms with Crippen LogP contribution >= 0.6 is 0 Å². The molecule has 1 aliphatic rings. The minimum Gasteiger partial charge on any atom is -0.482 e. The highest BCUT2D eigenvalue weighted by atomic mass is 16.6. The smallest absolute Gasteiger partial charge is 0.344 e. The zero-order valence-corrected chi connectivity index (χ0v) is 19.7. The van der Waals surface area contributed by atoms with Gasteiger partial charge >= 0.3 is 5.97 Å². The van der Waals surface area contributed by atoms with Gasteiger partial charge in [-0.3, -0.25) is 4.79 Å². The molecular weight excluding hydrogens is 406 g/mol. The number of ketones is 1. The molecule has 3 rings (SSSR count). The molecule has 0 bridgehead atoms. The van der Waals surface area contributed by atoms with Crippen molar-refractivity contribution >= 4 is 23.5 Å². The van der Waals surface area contributed by atoms with E-state index in [9.17, 15) is 9.59 Å². The Kier molecular flexibility index (Phi) is 6.92. The number of allylic oxidation sites excluding steroid dienone is 1. The highest BCUT2D eigenvalue weighted by molar-refractivity contribution is 6.15. The summed E-state index contributed by atoms with van der Waals surface area (Å²) >= 11 is 0. The summed E-state index contributed by atoms with van der Waals surface area (Å²) in [5, 5.41) is 0. The van der Waals surface area contributed by atoms with Crippen LogP contribution in [0.4, 0.5) is 5.69 Å². The Balaban J connectivity index is 1.75. The Morgan fingerprint density at radius 1 is 1.09 bits per heavy atom. The number of anilines is 1. The average molecular weight is 438 g/mol. The van der Waals surface area contributed by atoms with Crippen LogP contribution < -0.4 is 14.4 Å². The molecule has 0 amide bonds. The highest BCUT2D eigenvalue weighted by Crippen LogP contribution is 2.37. The van der Waals surface area contributed by atoms with Gasteiger partial charge in [0.25, 0.3) is 0 Å². The minimum atomic E-state index is -0.576. The van der Waals surface area contributed by atoms with Gasteiger partial charge in [-0.05, 0) is 76.9 Å². The van der Waals surface area contributed by atoms with Crippen molar-refractivity contribution < 1.29 is 23.8 Å². The van der Waals surface area contributed by atoms with E-state index in [4.69, 9.17) is 14.2 Å². The largest absolute Gasteiger partial charge is 0.482 e. The van der Waals surface area contributed by atoms with Crippen LogP contribution in [0.3, 0.4) is 0 Å². The standard InChI is InChI=1S/C26H31NO5/c1-7-27(8-2)19-11-9-18(10-12-19)14-22-25(29)24-17(3)13-20(15-21(24)31-22)30-16-23(28)32-26(4,5)6/h9-15H,7-8,16H2,1-6H3/b22-14-. The zero-order valence-electron chi connectivity index (χ0n) is 19.7. The summed E-state index contributed by atoms with van der Waals surface area (Å²) in [6.45, 7) is 13.1. The van der Waals surface area contributed by atoms with Gasteiger partial charge in [-0.25, -0.2) is 4.79 Å². The van der Waals surface area contributed by atoms with Crippen molar-refractivity contribution in [2.75, 3.05) is 24.6 Å². The van der Waals surface area contributed by atoms with Gasteiger partial charge in [0, 0.05) is 24.8 Å². The van der Waals surface area contributed by atoms with E-state index in [0.717, 1.165) is 29.9 Å². The fourth-order valence-electron chi connectivity index (χ4n) is 3.60. The molecule has 170 valence electrons. The van der Waals surface area contributed by atoms with E-state index in [1.807, 2.05) is 31.2 Å². The summed E-state index contributed by atoms with van der Waals surface area (Å²) in [6, 6.07) is 11.4. The Morgan fingerprint density at radius 3 is 2.34 bits per heavy atom. The Morgan fingerprint density at radius 2 is 1.75 bits per heavy atom. The molecule has 0 saturated carbocycles. The van der Waals surface area contributed by atoms with Crippen LogP contribution in [-0.4, -0.2) is 37.0 Å². The third kappa shape index (κ3) is 5.49. The lowest BCUT2D eigenvalue weighted by Gasteiger charge is -2.20. The third-order valence-corrected chi connectivity index (χ3v) is 5.04. The SMILES string of the molecule is CCN(CC)c1ccc(/C=C2\Oc3cc(OCC(=O)OC(C)(C)C)cc(C)c3C2=O)cc1. The maximum Gasteiger partial charge on any atom is 0.344 e. The van der Waals surface area contributed by atoms with Crippen molar-refractivity contribution in [2.24, 2.45) is 0 Å². The number of aryl methyl sites for hydroxylation is 1. The van der Waals surface area contributed by atoms with E-state index < -0.39 is 11.6 Å². The second-order valence-electron chi connectivity index (χ2n) is 8.69. The first-order chi connectivity index (χ1) is 15.1. The monoisotopic (exact) mass is 437 g/mol. The Labute approximate surface area is 189 Å². The number of carbonyl (C=O) groups is 2. The summed E-state index contributed by atoms with van der Waals surface area (Å²) in [5.74, 6) is 0.526. The fourth-order valence-corrected chi connectivity index (χ4v) is 3.60. The van der Waals surface area contributed by atoms with Gasteiger partial charge in [0.05, 0.1) is 5.56 Å². The molecule has 32 heavy (non-hydrogen) atoms. The number of nitrogens with zero attached hydrogens (tertiary/aromatic N) is 1. The molecule has 0 N–H and O–H groups in total. The van der Waals surface area contributed by atoms with E-state index >= 15 is 0 Å². The van der Waals surface area contributed by atoms with Gasteiger partial charge in [0.15, 0.2) is 12.4 Å². The summed E-state index contributed by atoms with van der Waals surface area (Å²) in [5.41, 5.74) is 2.69. The van der Waals surface area contributed by atoms with Crippen LogP contribution in [0.1, 0.15) is 56.1 Å². The molecule has 1 heterocycles. The van der Waals surface area contributed by atoms with Crippen molar-refractivity contribution in [2.45, 2.75) is 47.1 Å². The molecule has 1 aliphatic heterocycles. The number of hydrogen-bond acceptors (Lipinski definition) is 6. The van der Waals surface area contributed by atoms with Gasteiger partial charge in [-0.1, -0.05) is 12.1 Å². The number of fused-ring (bicyclic) bond motifs is 1. The molecule has 0 saturated heterocycles. The lowest BCUT2D eigenvalue weighted by Crippen LogP contribution is -2.27. The molecule has 0 aromatic heterocycles. The zero-order chi connectivity index (χ0) is 23.5. The number of Topliss-reactive ketones (excluding diaryl/α,β-unsaturated/α-hetero) is 1. The molecule has 0 spiro atoms. The molecule has 0 radical (unpaired) electrons. The van der Waals surface area contributed by atoms with E-state index in [0.29, 0.717) is 17.1 Å². The number of rotatable bonds is 7. The first-order valence-electron chi connectivity index (χ1n) is 10.9. The Bertz CT molecular complexity index is 1030. The maximum absolute atomic E-state index is 12.9. The number of hydrogen-bond donors (Lipinski definition) is 0. The van der Waals surface area contributed by atoms with Gasteiger partial charge in [-0.15, -0.1) is 0 Å². The average Bonchev–Trinajstić information content (AvgIpc) is 3.03. The van der Waals surface area contributed by atoms with Gasteiger partial charge in [-0.2, -0.15) is 0 Å². The highest BCUT2D eigenvalue weighted by Gasteiger charge is 2.30. The van der Waals surface area contributed by atoms with Crippen molar-refractivity contribution in [3.05, 3.63) is 58.8 Å². The number of carbonyl (C=O) groups excluding carboxylic acids is 2. The molecular formula is C26H31NO5. The van der Waals surface area contributed by atoms with Crippen molar-refractivity contribution in [3.63, 3.8) is 0 Å². The number of esters is 1. The van der Waals surface area contributed by atoms with E-state index in [1.54, 1.807) is 39.0 Å². The molecule has 2 aromatic rings. The molecule has 6 heteroatoms. The predicted molar refractivity (Wildman–Crippen MR) is 125 cm³/mol. The van der Waals surface area contributed by atoms with E-state index in [-0.39, 0.29) is 18.1 Å². The Hall–Kier alpha value is -3.28. The maximum atomic E-state index is 12.9. The third-order valence-electron chi connectivity index (χ3n) is 5.04. The van der Waals surface area contributed by atoms with Crippen LogP contribution in [0.5, 0.6) is 11.5 Å². The molecule has 0 fully saturated rings.